The number of aryl methyl sites for hydroxylation is 2. The minimum Gasteiger partial charge on any atom is -0.497 e. The molecule has 1 fully saturated rings. The molecule has 0 unspecified atom stereocenters. The lowest BCUT2D eigenvalue weighted by Gasteiger charge is -2.34. The van der Waals surface area contributed by atoms with Gasteiger partial charge in [0, 0.05) is 49.2 Å². The predicted molar refractivity (Wildman–Crippen MR) is 132 cm³/mol. The second-order valence-electron chi connectivity index (χ2n) is 8.28. The van der Waals surface area contributed by atoms with Crippen LogP contribution in [0.3, 0.4) is 0 Å². The molecule has 2 aromatic carbocycles. The molecule has 1 amide bonds. The number of sulfonamides is 1. The van der Waals surface area contributed by atoms with Crippen LogP contribution in [0.25, 0.3) is 0 Å². The quantitative estimate of drug-likeness (QED) is 0.510. The third-order valence-corrected chi connectivity index (χ3v) is 7.20. The highest BCUT2D eigenvalue weighted by Crippen LogP contribution is 2.19. The summed E-state index contributed by atoms with van der Waals surface area (Å²) in [4.78, 5) is 14.8. The highest BCUT2D eigenvalue weighted by molar-refractivity contribution is 7.88. The number of carbonyl (C=O) groups is 1. The van der Waals surface area contributed by atoms with Crippen molar-refractivity contribution >= 4 is 27.4 Å². The summed E-state index contributed by atoms with van der Waals surface area (Å²) in [5.74, 6) is 1.07. The zero-order chi connectivity index (χ0) is 24.1. The van der Waals surface area contributed by atoms with E-state index in [2.05, 4.69) is 26.5 Å². The van der Waals surface area contributed by atoms with Gasteiger partial charge in [-0.05, 0) is 54.8 Å². The van der Waals surface area contributed by atoms with Gasteiger partial charge in [0.2, 0.25) is 10.0 Å². The van der Waals surface area contributed by atoms with Crippen LogP contribution in [0.5, 0.6) is 5.75 Å². The largest absolute Gasteiger partial charge is 0.497 e. The fourth-order valence-corrected chi connectivity index (χ4v) is 4.78. The average Bonchev–Trinajstić information content (AvgIpc) is 3.29. The Bertz CT molecular complexity index is 1230. The number of amides is 1. The normalized spacial score (nSPS) is 14.7. The summed E-state index contributed by atoms with van der Waals surface area (Å²) >= 11 is 0. The molecule has 3 aromatic rings. The SMILES string of the molecule is COc1cccc(CCc2cc(NC(=O)c3ccc(N4CCN(S(C)(=O)=O)CC4)cc3)n[nH]2)c1. The van der Waals surface area contributed by atoms with E-state index in [1.165, 1.54) is 10.6 Å². The standard InChI is InChI=1S/C24H29N5O4S/c1-33-22-5-3-4-18(16-22)6-9-20-17-23(27-26-20)25-24(30)19-7-10-21(11-8-19)28-12-14-29(15-13-28)34(2,31)32/h3-5,7-8,10-11,16-17H,6,9,12-15H2,1-2H3,(H2,25,26,27,30). The number of aromatic amines is 1. The van der Waals surface area contributed by atoms with E-state index in [-0.39, 0.29) is 5.91 Å². The Balaban J connectivity index is 1.30. The van der Waals surface area contributed by atoms with Gasteiger partial charge in [-0.2, -0.15) is 9.40 Å². The van der Waals surface area contributed by atoms with Gasteiger partial charge in [-0.1, -0.05) is 12.1 Å². The van der Waals surface area contributed by atoms with Gasteiger partial charge in [0.25, 0.3) is 5.91 Å². The maximum atomic E-state index is 12.6. The number of rotatable bonds is 8. The molecule has 34 heavy (non-hydrogen) atoms. The van der Waals surface area contributed by atoms with Gasteiger partial charge >= 0.3 is 0 Å². The monoisotopic (exact) mass is 483 g/mol. The van der Waals surface area contributed by atoms with Gasteiger partial charge in [-0.3, -0.25) is 9.89 Å². The number of benzene rings is 2. The maximum Gasteiger partial charge on any atom is 0.256 e. The molecule has 0 atom stereocenters. The summed E-state index contributed by atoms with van der Waals surface area (Å²) in [6.07, 6.45) is 2.82. The van der Waals surface area contributed by atoms with Crippen LogP contribution >= 0.6 is 0 Å². The molecule has 1 aliphatic rings. The first-order valence-corrected chi connectivity index (χ1v) is 13.0. The lowest BCUT2D eigenvalue weighted by atomic mass is 10.1. The van der Waals surface area contributed by atoms with Crippen molar-refractivity contribution in [2.75, 3.05) is 49.8 Å². The first kappa shape index (κ1) is 23.8. The van der Waals surface area contributed by atoms with Crippen LogP contribution in [0.15, 0.2) is 54.6 Å². The van der Waals surface area contributed by atoms with Gasteiger partial charge in [0.1, 0.15) is 5.75 Å². The van der Waals surface area contributed by atoms with Crippen molar-refractivity contribution in [3.05, 3.63) is 71.4 Å². The third kappa shape index (κ3) is 5.95. The van der Waals surface area contributed by atoms with Crippen molar-refractivity contribution in [1.82, 2.24) is 14.5 Å². The molecule has 0 saturated carbocycles. The van der Waals surface area contributed by atoms with Crippen molar-refractivity contribution in [2.24, 2.45) is 0 Å². The fraction of sp³-hybridized carbons (Fsp3) is 0.333. The van der Waals surface area contributed by atoms with Crippen LogP contribution in [0.1, 0.15) is 21.6 Å². The van der Waals surface area contributed by atoms with E-state index in [1.54, 1.807) is 19.2 Å². The van der Waals surface area contributed by atoms with E-state index >= 15 is 0 Å². The molecule has 9 nitrogen and oxygen atoms in total. The van der Waals surface area contributed by atoms with Gasteiger partial charge < -0.3 is 15.0 Å². The predicted octanol–water partition coefficient (Wildman–Crippen LogP) is 2.54. The molecule has 0 bridgehead atoms. The second-order valence-corrected chi connectivity index (χ2v) is 10.3. The number of nitrogens with one attached hydrogen (secondary N) is 2. The minimum atomic E-state index is -3.16. The summed E-state index contributed by atoms with van der Waals surface area (Å²) in [5.41, 5.74) is 3.59. The number of methoxy groups -OCH3 is 1. The van der Waals surface area contributed by atoms with Crippen LogP contribution < -0.4 is 15.0 Å². The third-order valence-electron chi connectivity index (χ3n) is 5.89. The Kier molecular flexibility index (Phi) is 7.18. The molecular formula is C24H29N5O4S. The number of piperazine rings is 1. The molecule has 0 radical (unpaired) electrons. The highest BCUT2D eigenvalue weighted by atomic mass is 32.2. The summed E-state index contributed by atoms with van der Waals surface area (Å²) in [7, 11) is -1.51. The minimum absolute atomic E-state index is 0.237. The number of aromatic nitrogens is 2. The Labute approximate surface area is 199 Å². The molecule has 1 aliphatic heterocycles. The molecule has 180 valence electrons. The zero-order valence-electron chi connectivity index (χ0n) is 19.3. The van der Waals surface area contributed by atoms with Crippen LogP contribution in [0.2, 0.25) is 0 Å². The van der Waals surface area contributed by atoms with E-state index in [0.717, 1.165) is 35.5 Å². The summed E-state index contributed by atoms with van der Waals surface area (Å²) < 4.78 is 30.1. The van der Waals surface area contributed by atoms with Crippen LogP contribution in [-0.4, -0.2) is 68.4 Å². The zero-order valence-corrected chi connectivity index (χ0v) is 20.1. The summed E-state index contributed by atoms with van der Waals surface area (Å²) in [6, 6.07) is 17.1. The molecule has 1 saturated heterocycles. The van der Waals surface area contributed by atoms with Crippen LogP contribution in [-0.2, 0) is 22.9 Å². The van der Waals surface area contributed by atoms with Crippen LogP contribution in [0, 0.1) is 0 Å². The van der Waals surface area contributed by atoms with Crippen molar-refractivity contribution < 1.29 is 17.9 Å². The lowest BCUT2D eigenvalue weighted by Crippen LogP contribution is -2.48. The number of hydrogen-bond donors (Lipinski definition) is 2. The van der Waals surface area contributed by atoms with Gasteiger partial charge in [0.15, 0.2) is 5.82 Å². The molecule has 0 spiro atoms. The number of anilines is 2. The van der Waals surface area contributed by atoms with E-state index < -0.39 is 10.0 Å². The van der Waals surface area contributed by atoms with Gasteiger partial charge in [-0.15, -0.1) is 0 Å². The Morgan fingerprint density at radius 3 is 2.47 bits per heavy atom. The van der Waals surface area contributed by atoms with Gasteiger partial charge in [-0.25, -0.2) is 8.42 Å². The number of carbonyl (C=O) groups excluding carboxylic acids is 1. The lowest BCUT2D eigenvalue weighted by molar-refractivity contribution is 0.102. The number of ether oxygens (including phenoxy) is 1. The number of nitrogens with zero attached hydrogens (tertiary/aromatic N) is 3. The molecule has 4 rings (SSSR count). The van der Waals surface area contributed by atoms with Crippen molar-refractivity contribution in [3.63, 3.8) is 0 Å². The Morgan fingerprint density at radius 2 is 1.79 bits per heavy atom. The Hall–Kier alpha value is -3.37. The fourth-order valence-electron chi connectivity index (χ4n) is 3.95. The topological polar surface area (TPSA) is 108 Å². The van der Waals surface area contributed by atoms with E-state index in [1.807, 2.05) is 36.4 Å². The maximum absolute atomic E-state index is 12.6. The average molecular weight is 484 g/mol. The van der Waals surface area contributed by atoms with Gasteiger partial charge in [0.05, 0.1) is 13.4 Å². The smallest absolute Gasteiger partial charge is 0.256 e. The molecule has 0 aliphatic carbocycles. The van der Waals surface area contributed by atoms with Crippen molar-refractivity contribution in [1.29, 1.82) is 0 Å². The number of H-pyrrole nitrogens is 1. The van der Waals surface area contributed by atoms with E-state index in [0.29, 0.717) is 37.6 Å². The second kappa shape index (κ2) is 10.3. The van der Waals surface area contributed by atoms with Crippen LogP contribution in [0.4, 0.5) is 11.5 Å². The molecule has 2 N–H and O–H groups in total. The first-order chi connectivity index (χ1) is 16.3. The summed E-state index contributed by atoms with van der Waals surface area (Å²) in [5, 5.41) is 10.0. The molecule has 2 heterocycles. The highest BCUT2D eigenvalue weighted by Gasteiger charge is 2.23. The van der Waals surface area contributed by atoms with E-state index in [4.69, 9.17) is 4.74 Å². The molecule has 10 heteroatoms. The van der Waals surface area contributed by atoms with Crippen molar-refractivity contribution in [3.8, 4) is 5.75 Å². The molecule has 1 aromatic heterocycles. The van der Waals surface area contributed by atoms with Crippen molar-refractivity contribution in [2.45, 2.75) is 12.8 Å². The Morgan fingerprint density at radius 1 is 1.06 bits per heavy atom. The van der Waals surface area contributed by atoms with E-state index in [9.17, 15) is 13.2 Å². The first-order valence-electron chi connectivity index (χ1n) is 11.1. The number of hydrogen-bond acceptors (Lipinski definition) is 6. The molecular weight excluding hydrogens is 454 g/mol. The summed E-state index contributed by atoms with van der Waals surface area (Å²) in [6.45, 7) is 2.15.